The Morgan fingerprint density at radius 3 is 2.86 bits per heavy atom. The molecule has 0 saturated heterocycles. The fourth-order valence-corrected chi connectivity index (χ4v) is 2.88. The Morgan fingerprint density at radius 1 is 1.24 bits per heavy atom. The highest BCUT2D eigenvalue weighted by molar-refractivity contribution is 5.43. The molecule has 3 nitrogen and oxygen atoms in total. The molecule has 0 aromatic heterocycles. The molecule has 21 heavy (non-hydrogen) atoms. The van der Waals surface area contributed by atoms with Gasteiger partial charge in [-0.25, -0.2) is 0 Å². The maximum Gasteiger partial charge on any atom is 0.122 e. The van der Waals surface area contributed by atoms with E-state index in [9.17, 15) is 0 Å². The van der Waals surface area contributed by atoms with Crippen molar-refractivity contribution in [2.24, 2.45) is 5.92 Å². The summed E-state index contributed by atoms with van der Waals surface area (Å²) in [7, 11) is 2.04. The average Bonchev–Trinajstić information content (AvgIpc) is 2.50. The lowest BCUT2D eigenvalue weighted by Gasteiger charge is -2.26. The molecule has 0 saturated carbocycles. The summed E-state index contributed by atoms with van der Waals surface area (Å²) in [4.78, 5) is 0. The summed E-state index contributed by atoms with van der Waals surface area (Å²) < 4.78 is 11.6. The van der Waals surface area contributed by atoms with E-state index >= 15 is 0 Å². The number of nitrogens with one attached hydrogen (secondary N) is 1. The van der Waals surface area contributed by atoms with Gasteiger partial charge in [-0.05, 0) is 55.8 Å². The number of hydrogen-bond acceptors (Lipinski definition) is 3. The van der Waals surface area contributed by atoms with Gasteiger partial charge in [-0.15, -0.1) is 0 Å². The maximum absolute atomic E-state index is 5.95. The van der Waals surface area contributed by atoms with Crippen LogP contribution in [0, 0.1) is 5.92 Å². The highest BCUT2D eigenvalue weighted by Gasteiger charge is 2.21. The van der Waals surface area contributed by atoms with Crippen molar-refractivity contribution in [1.29, 1.82) is 0 Å². The van der Waals surface area contributed by atoms with Crippen molar-refractivity contribution in [2.45, 2.75) is 45.6 Å². The summed E-state index contributed by atoms with van der Waals surface area (Å²) >= 11 is 0. The van der Waals surface area contributed by atoms with E-state index in [1.807, 2.05) is 7.05 Å². The summed E-state index contributed by atoms with van der Waals surface area (Å²) in [5, 5.41) is 3.40. The Kier molecular flexibility index (Phi) is 6.52. The quantitative estimate of drug-likeness (QED) is 0.740. The van der Waals surface area contributed by atoms with Crippen LogP contribution in [0.4, 0.5) is 0 Å². The molecule has 0 heterocycles. The van der Waals surface area contributed by atoms with Crippen LogP contribution in [0.25, 0.3) is 0 Å². The summed E-state index contributed by atoms with van der Waals surface area (Å²) in [5.74, 6) is 1.74. The number of hydrogen-bond donors (Lipinski definition) is 1. The molecule has 1 atom stereocenters. The van der Waals surface area contributed by atoms with E-state index in [4.69, 9.17) is 9.47 Å². The highest BCUT2D eigenvalue weighted by Crippen LogP contribution is 2.35. The van der Waals surface area contributed by atoms with Crippen LogP contribution in [0.5, 0.6) is 5.75 Å². The predicted molar refractivity (Wildman–Crippen MR) is 86.9 cm³/mol. The van der Waals surface area contributed by atoms with Gasteiger partial charge in [0.2, 0.25) is 0 Å². The molecular formula is C18H29NO2. The lowest BCUT2D eigenvalue weighted by Crippen LogP contribution is -2.22. The van der Waals surface area contributed by atoms with Crippen molar-refractivity contribution < 1.29 is 9.47 Å². The molecule has 0 spiro atoms. The van der Waals surface area contributed by atoms with Gasteiger partial charge in [-0.3, -0.25) is 0 Å². The van der Waals surface area contributed by atoms with E-state index in [-0.39, 0.29) is 0 Å². The van der Waals surface area contributed by atoms with E-state index in [1.165, 1.54) is 24.0 Å². The van der Waals surface area contributed by atoms with E-state index in [1.54, 1.807) is 0 Å². The van der Waals surface area contributed by atoms with Gasteiger partial charge in [0, 0.05) is 12.6 Å². The molecule has 2 rings (SSSR count). The monoisotopic (exact) mass is 291 g/mol. The van der Waals surface area contributed by atoms with Gasteiger partial charge in [0.15, 0.2) is 0 Å². The third-order valence-corrected chi connectivity index (χ3v) is 4.14. The van der Waals surface area contributed by atoms with Crippen LogP contribution in [0.2, 0.25) is 0 Å². The van der Waals surface area contributed by atoms with Crippen molar-refractivity contribution in [1.82, 2.24) is 5.32 Å². The van der Waals surface area contributed by atoms with E-state index in [0.717, 1.165) is 25.2 Å². The standard InChI is InChI=1S/C18H29NO2/c1-14(2)10-11-20-12-13-21-18-9-5-6-15-16(18)7-4-8-17(15)19-3/h5-6,9,14,17,19H,4,7-8,10-13H2,1-3H3. The number of benzene rings is 1. The molecular weight excluding hydrogens is 262 g/mol. The Balaban J connectivity index is 1.84. The minimum Gasteiger partial charge on any atom is -0.491 e. The minimum atomic E-state index is 0.472. The Bertz CT molecular complexity index is 431. The molecule has 1 aliphatic rings. The summed E-state index contributed by atoms with van der Waals surface area (Å²) in [5.41, 5.74) is 2.78. The minimum absolute atomic E-state index is 0.472. The third-order valence-electron chi connectivity index (χ3n) is 4.14. The van der Waals surface area contributed by atoms with Crippen molar-refractivity contribution in [3.63, 3.8) is 0 Å². The van der Waals surface area contributed by atoms with Crippen LogP contribution in [0.1, 0.15) is 50.3 Å². The summed E-state index contributed by atoms with van der Waals surface area (Å²) in [6.45, 7) is 6.57. The molecule has 1 unspecified atom stereocenters. The fourth-order valence-electron chi connectivity index (χ4n) is 2.88. The zero-order chi connectivity index (χ0) is 15.1. The van der Waals surface area contributed by atoms with E-state index < -0.39 is 0 Å². The van der Waals surface area contributed by atoms with Crippen LogP contribution in [-0.2, 0) is 11.2 Å². The fraction of sp³-hybridized carbons (Fsp3) is 0.667. The smallest absolute Gasteiger partial charge is 0.122 e. The summed E-state index contributed by atoms with van der Waals surface area (Å²) in [6, 6.07) is 6.88. The Labute approximate surface area is 129 Å². The van der Waals surface area contributed by atoms with Gasteiger partial charge < -0.3 is 14.8 Å². The van der Waals surface area contributed by atoms with Crippen LogP contribution < -0.4 is 10.1 Å². The molecule has 1 aromatic rings. The van der Waals surface area contributed by atoms with Crippen LogP contribution in [0.3, 0.4) is 0 Å². The topological polar surface area (TPSA) is 30.5 Å². The zero-order valence-corrected chi connectivity index (χ0v) is 13.7. The number of fused-ring (bicyclic) bond motifs is 1. The number of rotatable bonds is 8. The van der Waals surface area contributed by atoms with E-state index in [0.29, 0.717) is 25.2 Å². The maximum atomic E-state index is 5.95. The second-order valence-corrected chi connectivity index (χ2v) is 6.20. The molecule has 0 radical (unpaired) electrons. The molecule has 0 bridgehead atoms. The third kappa shape index (κ3) is 4.72. The van der Waals surface area contributed by atoms with Crippen LogP contribution in [-0.4, -0.2) is 26.9 Å². The second-order valence-electron chi connectivity index (χ2n) is 6.20. The van der Waals surface area contributed by atoms with Gasteiger partial charge >= 0.3 is 0 Å². The molecule has 0 fully saturated rings. The van der Waals surface area contributed by atoms with Crippen LogP contribution >= 0.6 is 0 Å². The van der Waals surface area contributed by atoms with Gasteiger partial charge in [0.25, 0.3) is 0 Å². The molecule has 0 aliphatic heterocycles. The molecule has 1 aliphatic carbocycles. The summed E-state index contributed by atoms with van der Waals surface area (Å²) in [6.07, 6.45) is 4.68. The van der Waals surface area contributed by atoms with Crippen molar-refractivity contribution in [3.05, 3.63) is 29.3 Å². The van der Waals surface area contributed by atoms with Gasteiger partial charge in [-0.2, -0.15) is 0 Å². The van der Waals surface area contributed by atoms with Crippen molar-refractivity contribution >= 4 is 0 Å². The Hall–Kier alpha value is -1.06. The highest BCUT2D eigenvalue weighted by atomic mass is 16.5. The first-order valence-electron chi connectivity index (χ1n) is 8.22. The molecule has 118 valence electrons. The lowest BCUT2D eigenvalue weighted by molar-refractivity contribution is 0.0921. The molecule has 1 N–H and O–H groups in total. The van der Waals surface area contributed by atoms with Crippen LogP contribution in [0.15, 0.2) is 18.2 Å². The first-order chi connectivity index (χ1) is 10.2. The van der Waals surface area contributed by atoms with E-state index in [2.05, 4.69) is 37.4 Å². The largest absolute Gasteiger partial charge is 0.491 e. The average molecular weight is 291 g/mol. The molecule has 1 aromatic carbocycles. The predicted octanol–water partition coefficient (Wildman–Crippen LogP) is 3.72. The van der Waals surface area contributed by atoms with Gasteiger partial charge in [-0.1, -0.05) is 26.0 Å². The lowest BCUT2D eigenvalue weighted by atomic mass is 9.87. The zero-order valence-electron chi connectivity index (χ0n) is 13.7. The SMILES string of the molecule is CNC1CCCc2c(OCCOCCC(C)C)cccc21. The second kappa shape index (κ2) is 8.40. The number of ether oxygens (including phenoxy) is 2. The van der Waals surface area contributed by atoms with Gasteiger partial charge in [0.05, 0.1) is 6.61 Å². The molecule has 3 heteroatoms. The first-order valence-corrected chi connectivity index (χ1v) is 8.22. The van der Waals surface area contributed by atoms with Crippen molar-refractivity contribution in [2.75, 3.05) is 26.9 Å². The normalized spacial score (nSPS) is 17.8. The first kappa shape index (κ1) is 16.3. The Morgan fingerprint density at radius 2 is 2.10 bits per heavy atom. The van der Waals surface area contributed by atoms with Crippen molar-refractivity contribution in [3.8, 4) is 5.75 Å². The van der Waals surface area contributed by atoms with Gasteiger partial charge in [0.1, 0.15) is 12.4 Å². The molecule has 0 amide bonds.